The quantitative estimate of drug-likeness (QED) is 0.0820. The van der Waals surface area contributed by atoms with Crippen LogP contribution in [0.25, 0.3) is 0 Å². The highest BCUT2D eigenvalue weighted by Gasteiger charge is 2.31. The molecule has 1 aliphatic heterocycles. The summed E-state index contributed by atoms with van der Waals surface area (Å²) in [5, 5.41) is 25.9. The number of nitrogens with one attached hydrogen (secondary N) is 8. The molecule has 16 nitrogen and oxygen atoms in total. The topological polar surface area (TPSA) is 216 Å². The fourth-order valence-electron chi connectivity index (χ4n) is 8.57. The Labute approximate surface area is 450 Å². The number of amides is 4. The Morgan fingerprint density at radius 1 is 0.289 bits per heavy atom. The van der Waals surface area contributed by atoms with Gasteiger partial charge in [0.25, 0.3) is 23.6 Å². The molecule has 380 valence electrons. The van der Waals surface area contributed by atoms with Gasteiger partial charge in [0.05, 0.1) is 73.1 Å². The number of fused-ring (bicyclic) bond motifs is 8. The predicted octanol–water partition coefficient (Wildman–Crippen LogP) is 7.19. The molecule has 4 aromatic heterocycles. The van der Waals surface area contributed by atoms with Gasteiger partial charge in [0.2, 0.25) is 0 Å². The zero-order valence-corrected chi connectivity index (χ0v) is 42.5. The molecule has 8 aromatic rings. The van der Waals surface area contributed by atoms with Crippen LogP contribution in [0.15, 0.2) is 194 Å². The lowest BCUT2D eigenvalue weighted by Gasteiger charge is -2.30. The number of carbonyl (C=O) groups is 4. The van der Waals surface area contributed by atoms with Crippen molar-refractivity contribution >= 4 is 58.3 Å². The van der Waals surface area contributed by atoms with Crippen molar-refractivity contribution in [3.63, 3.8) is 0 Å². The number of pyridine rings is 4. The maximum absolute atomic E-state index is 14.3. The van der Waals surface area contributed by atoms with Crippen LogP contribution < -0.4 is 42.5 Å². The van der Waals surface area contributed by atoms with Crippen LogP contribution in [0.4, 0.5) is 0 Å². The minimum atomic E-state index is -0.754. The molecule has 0 saturated carbocycles. The molecule has 4 atom stereocenters. The second-order valence-corrected chi connectivity index (χ2v) is 18.4. The lowest BCUT2D eigenvalue weighted by molar-refractivity contribution is 0.0876. The maximum Gasteiger partial charge on any atom is 0.270 e. The van der Waals surface area contributed by atoms with Crippen molar-refractivity contribution in [3.05, 3.63) is 262 Å². The number of thiocarbonyl (C=S) groups is 2. The minimum absolute atomic E-state index is 0.153. The van der Waals surface area contributed by atoms with Crippen LogP contribution in [0.3, 0.4) is 0 Å². The van der Waals surface area contributed by atoms with Crippen LogP contribution in [0, 0.1) is 0 Å². The second-order valence-electron chi connectivity index (χ2n) is 17.6. The van der Waals surface area contributed by atoms with Crippen molar-refractivity contribution < 1.29 is 19.2 Å². The number of rotatable bonds is 4. The van der Waals surface area contributed by atoms with Gasteiger partial charge in [-0.2, -0.15) is 0 Å². The summed E-state index contributed by atoms with van der Waals surface area (Å²) in [4.78, 5) is 75.8. The summed E-state index contributed by atoms with van der Waals surface area (Å²) in [6.07, 6.45) is 0. The zero-order chi connectivity index (χ0) is 52.6. The smallest absolute Gasteiger partial charge is 0.270 e. The van der Waals surface area contributed by atoms with E-state index < -0.39 is 47.8 Å². The SMILES string of the molecule is O=C1NC(c2ccccc2)[C@H](c2ccccc2)NC(=O)c2cccc(n2)CNC(=S)NCc2cccc(n2)C(=O)NC(c2ccccc2)[C@H](c2ccccc2)NC(=O)c2cccc(n2)CNC(=S)NCc2cccc1n2. The molecular formula is C58H52N12O4S2. The predicted molar refractivity (Wildman–Crippen MR) is 296 cm³/mol. The summed E-state index contributed by atoms with van der Waals surface area (Å²) in [5.74, 6) is -1.86. The van der Waals surface area contributed by atoms with Crippen molar-refractivity contribution in [2.24, 2.45) is 0 Å². The van der Waals surface area contributed by atoms with Gasteiger partial charge in [-0.1, -0.05) is 146 Å². The van der Waals surface area contributed by atoms with E-state index >= 15 is 0 Å². The first-order valence-corrected chi connectivity index (χ1v) is 25.3. The van der Waals surface area contributed by atoms with E-state index in [9.17, 15) is 19.2 Å². The highest BCUT2D eigenvalue weighted by molar-refractivity contribution is 7.80. The molecule has 1 aliphatic rings. The highest BCUT2D eigenvalue weighted by atomic mass is 32.1. The van der Waals surface area contributed by atoms with Crippen LogP contribution in [0.2, 0.25) is 0 Å². The summed E-state index contributed by atoms with van der Waals surface area (Å²) in [5.41, 5.74) is 5.73. The van der Waals surface area contributed by atoms with E-state index in [2.05, 4.69) is 62.5 Å². The molecule has 0 spiro atoms. The fraction of sp³-hybridized carbons (Fsp3) is 0.138. The van der Waals surface area contributed by atoms with Gasteiger partial charge in [0.1, 0.15) is 22.8 Å². The lowest BCUT2D eigenvalue weighted by atomic mass is 9.92. The first kappa shape index (κ1) is 51.6. The first-order valence-electron chi connectivity index (χ1n) is 24.4. The van der Waals surface area contributed by atoms with Gasteiger partial charge in [0.15, 0.2) is 10.2 Å². The largest absolute Gasteiger partial charge is 0.357 e. The van der Waals surface area contributed by atoms with Crippen molar-refractivity contribution in [1.29, 1.82) is 0 Å². The van der Waals surface area contributed by atoms with Gasteiger partial charge in [-0.25, -0.2) is 19.9 Å². The molecule has 2 unspecified atom stereocenters. The number of benzene rings is 4. The van der Waals surface area contributed by atoms with Crippen molar-refractivity contribution in [3.8, 4) is 0 Å². The molecule has 5 heterocycles. The Morgan fingerprint density at radius 2 is 0.500 bits per heavy atom. The number of hydrogen-bond donors (Lipinski definition) is 8. The molecule has 9 rings (SSSR count). The monoisotopic (exact) mass is 1040 g/mol. The molecule has 8 N–H and O–H groups in total. The molecule has 4 aromatic carbocycles. The fourth-order valence-corrected chi connectivity index (χ4v) is 8.85. The van der Waals surface area contributed by atoms with Gasteiger partial charge in [-0.05, 0) is 95.2 Å². The molecule has 76 heavy (non-hydrogen) atoms. The Bertz CT molecular complexity index is 2900. The summed E-state index contributed by atoms with van der Waals surface area (Å²) in [6, 6.07) is 55.1. The molecule has 0 fully saturated rings. The third kappa shape index (κ3) is 13.7. The maximum atomic E-state index is 14.3. The van der Waals surface area contributed by atoms with Crippen LogP contribution in [0.5, 0.6) is 0 Å². The van der Waals surface area contributed by atoms with E-state index in [-0.39, 0.29) is 59.2 Å². The summed E-state index contributed by atoms with van der Waals surface area (Å²) < 4.78 is 0. The van der Waals surface area contributed by atoms with Crippen molar-refractivity contribution in [2.75, 3.05) is 0 Å². The first-order chi connectivity index (χ1) is 37.1. The molecule has 0 aliphatic carbocycles. The lowest BCUT2D eigenvalue weighted by Crippen LogP contribution is -2.41. The van der Waals surface area contributed by atoms with Crippen molar-refractivity contribution in [2.45, 2.75) is 50.3 Å². The number of carbonyl (C=O) groups excluding carboxylic acids is 4. The third-order valence-electron chi connectivity index (χ3n) is 12.3. The van der Waals surface area contributed by atoms with E-state index in [1.807, 2.05) is 121 Å². The molecule has 4 amide bonds. The molecule has 0 saturated heterocycles. The normalized spacial score (nSPS) is 18.3. The average molecular weight is 1050 g/mol. The van der Waals surface area contributed by atoms with Gasteiger partial charge >= 0.3 is 0 Å². The number of nitrogens with zero attached hydrogens (tertiary/aromatic N) is 4. The Kier molecular flexibility index (Phi) is 17.1. The molecular weight excluding hydrogens is 993 g/mol. The van der Waals surface area contributed by atoms with Crippen molar-refractivity contribution in [1.82, 2.24) is 62.5 Å². The third-order valence-corrected chi connectivity index (χ3v) is 12.9. The van der Waals surface area contributed by atoms with Crippen LogP contribution in [0.1, 0.15) is 111 Å². The van der Waals surface area contributed by atoms with E-state index in [1.54, 1.807) is 72.8 Å². The highest BCUT2D eigenvalue weighted by Crippen LogP contribution is 2.32. The Balaban J connectivity index is 1.01. The number of aromatic nitrogens is 4. The second kappa shape index (κ2) is 25.1. The van der Waals surface area contributed by atoms with Gasteiger partial charge in [0, 0.05) is 0 Å². The summed E-state index contributed by atoms with van der Waals surface area (Å²) in [6.45, 7) is 0.718. The summed E-state index contributed by atoms with van der Waals surface area (Å²) in [7, 11) is 0. The zero-order valence-electron chi connectivity index (χ0n) is 40.9. The molecule has 8 bridgehead atoms. The average Bonchev–Trinajstić information content (AvgIpc) is 3.47. The molecule has 18 heteroatoms. The van der Waals surface area contributed by atoms with E-state index in [1.165, 1.54) is 0 Å². The van der Waals surface area contributed by atoms with Gasteiger partial charge in [-0.3, -0.25) is 19.2 Å². The van der Waals surface area contributed by atoms with Gasteiger partial charge < -0.3 is 42.5 Å². The minimum Gasteiger partial charge on any atom is -0.357 e. The Morgan fingerprint density at radius 3 is 0.711 bits per heavy atom. The summed E-state index contributed by atoms with van der Waals surface area (Å²) >= 11 is 11.3. The Hall–Kier alpha value is -9.26. The van der Waals surface area contributed by atoms with Crippen LogP contribution in [-0.2, 0) is 26.2 Å². The van der Waals surface area contributed by atoms with Crippen LogP contribution >= 0.6 is 24.4 Å². The number of hydrogen-bond acceptors (Lipinski definition) is 10. The molecule has 0 radical (unpaired) electrons. The van der Waals surface area contributed by atoms with E-state index in [0.29, 0.717) is 22.8 Å². The standard InChI is InChI=1S/C58H52N12O4S2/c71-53-45-29-13-25-41(63-45)33-59-57(75)61-35-43-27-15-31-47(65-43)55(73)69-51(39-21-9-3-10-22-39)52(40-23-11-4-12-24-40)70-56(74)48-32-16-28-44(66-48)36-62-58(76)60-34-42-26-14-30-46(64-42)54(72)68-50(38-19-7-2-8-20-38)49(67-53)37-17-5-1-6-18-37/h1-32,49-52H,33-36H2,(H,67,71)(H,68,72)(H,69,73)(H,70,74)(H2,59,61,75)(H2,60,62,76)/t49-,50?,51?,52-/m0/s1. The van der Waals surface area contributed by atoms with Crippen LogP contribution in [-0.4, -0.2) is 53.8 Å². The van der Waals surface area contributed by atoms with Gasteiger partial charge in [-0.15, -0.1) is 0 Å². The van der Waals surface area contributed by atoms with E-state index in [0.717, 1.165) is 22.3 Å². The van der Waals surface area contributed by atoms with E-state index in [4.69, 9.17) is 24.4 Å².